The van der Waals surface area contributed by atoms with Gasteiger partial charge in [0.2, 0.25) is 12.5 Å². The van der Waals surface area contributed by atoms with E-state index in [1.165, 1.54) is 6.07 Å². The van der Waals surface area contributed by atoms with E-state index in [2.05, 4.69) is 0 Å². The molecule has 0 aromatic heterocycles. The minimum Gasteiger partial charge on any atom is -0.453 e. The first-order valence-corrected chi connectivity index (χ1v) is 5.05. The predicted octanol–water partition coefficient (Wildman–Crippen LogP) is 1.54. The van der Waals surface area contributed by atoms with Gasteiger partial charge in [-0.25, -0.2) is 4.39 Å². The van der Waals surface area contributed by atoms with Crippen LogP contribution < -0.4 is 15.2 Å². The molecule has 4 heteroatoms. The van der Waals surface area contributed by atoms with E-state index in [1.54, 1.807) is 6.07 Å². The lowest BCUT2D eigenvalue weighted by Gasteiger charge is -2.15. The van der Waals surface area contributed by atoms with Crippen molar-refractivity contribution in [3.8, 4) is 11.5 Å². The van der Waals surface area contributed by atoms with Gasteiger partial charge in [-0.2, -0.15) is 0 Å². The molecule has 1 aromatic carbocycles. The van der Waals surface area contributed by atoms with Crippen molar-refractivity contribution >= 4 is 0 Å². The van der Waals surface area contributed by atoms with Gasteiger partial charge < -0.3 is 15.2 Å². The second-order valence-electron chi connectivity index (χ2n) is 4.14. The minimum atomic E-state index is -0.362. The van der Waals surface area contributed by atoms with E-state index in [0.29, 0.717) is 12.3 Å². The van der Waals surface area contributed by atoms with Gasteiger partial charge in [0.05, 0.1) is 0 Å². The van der Waals surface area contributed by atoms with Crippen molar-refractivity contribution in [3.63, 3.8) is 0 Å². The minimum absolute atomic E-state index is 0.00544. The van der Waals surface area contributed by atoms with E-state index in [4.69, 9.17) is 15.2 Å². The standard InChI is InChI=1S/C11H12FNO2/c12-8-2-1-7(11(5-13)3-4-11)9-10(8)15-6-14-9/h1-2H,3-6,13H2. The maximum absolute atomic E-state index is 13.3. The highest BCUT2D eigenvalue weighted by Crippen LogP contribution is 2.53. The summed E-state index contributed by atoms with van der Waals surface area (Å²) in [6.45, 7) is 0.679. The smallest absolute Gasteiger partial charge is 0.231 e. The van der Waals surface area contributed by atoms with Crippen LogP contribution in [0, 0.1) is 5.82 Å². The molecule has 1 aliphatic heterocycles. The second-order valence-corrected chi connectivity index (χ2v) is 4.14. The molecular weight excluding hydrogens is 197 g/mol. The highest BCUT2D eigenvalue weighted by atomic mass is 19.1. The van der Waals surface area contributed by atoms with Crippen LogP contribution in [0.1, 0.15) is 18.4 Å². The van der Waals surface area contributed by atoms with Crippen molar-refractivity contribution < 1.29 is 13.9 Å². The molecule has 0 bridgehead atoms. The second kappa shape index (κ2) is 2.85. The third-order valence-electron chi connectivity index (χ3n) is 3.29. The predicted molar refractivity (Wildman–Crippen MR) is 52.5 cm³/mol. The lowest BCUT2D eigenvalue weighted by molar-refractivity contribution is 0.170. The molecule has 1 heterocycles. The molecule has 0 radical (unpaired) electrons. The van der Waals surface area contributed by atoms with Crippen LogP contribution in [0.5, 0.6) is 11.5 Å². The fraction of sp³-hybridized carbons (Fsp3) is 0.455. The Morgan fingerprint density at radius 2 is 2.00 bits per heavy atom. The Hall–Kier alpha value is -1.29. The molecule has 80 valence electrons. The molecule has 0 atom stereocenters. The number of fused-ring (bicyclic) bond motifs is 1. The first-order chi connectivity index (χ1) is 7.27. The van der Waals surface area contributed by atoms with Gasteiger partial charge in [0, 0.05) is 17.5 Å². The summed E-state index contributed by atoms with van der Waals surface area (Å²) < 4.78 is 23.8. The summed E-state index contributed by atoms with van der Waals surface area (Å²) in [6.07, 6.45) is 2.09. The van der Waals surface area contributed by atoms with Gasteiger partial charge in [-0.15, -0.1) is 0 Å². The van der Waals surface area contributed by atoms with Crippen molar-refractivity contribution in [2.45, 2.75) is 18.3 Å². The Morgan fingerprint density at radius 1 is 1.27 bits per heavy atom. The van der Waals surface area contributed by atoms with Crippen molar-refractivity contribution in [3.05, 3.63) is 23.5 Å². The highest BCUT2D eigenvalue weighted by Gasteiger charge is 2.46. The zero-order valence-electron chi connectivity index (χ0n) is 8.25. The van der Waals surface area contributed by atoms with Gasteiger partial charge in [-0.05, 0) is 18.9 Å². The van der Waals surface area contributed by atoms with E-state index in [-0.39, 0.29) is 23.8 Å². The zero-order valence-corrected chi connectivity index (χ0v) is 8.25. The first kappa shape index (κ1) is 8.97. The van der Waals surface area contributed by atoms with Gasteiger partial charge >= 0.3 is 0 Å². The van der Waals surface area contributed by atoms with Crippen LogP contribution in [0.4, 0.5) is 4.39 Å². The van der Waals surface area contributed by atoms with Crippen LogP contribution in [0.3, 0.4) is 0 Å². The number of benzene rings is 1. The fourth-order valence-electron chi connectivity index (χ4n) is 2.12. The molecule has 1 aromatic rings. The van der Waals surface area contributed by atoms with Gasteiger partial charge in [0.1, 0.15) is 0 Å². The average Bonchev–Trinajstić information content (AvgIpc) is 2.88. The Morgan fingerprint density at radius 3 is 2.67 bits per heavy atom. The van der Waals surface area contributed by atoms with Crippen molar-refractivity contribution in [1.29, 1.82) is 0 Å². The third-order valence-corrected chi connectivity index (χ3v) is 3.29. The number of rotatable bonds is 2. The summed E-state index contributed by atoms with van der Waals surface area (Å²) in [6, 6.07) is 3.20. The van der Waals surface area contributed by atoms with E-state index < -0.39 is 0 Å². The van der Waals surface area contributed by atoms with Crippen LogP contribution in [0.15, 0.2) is 12.1 Å². The van der Waals surface area contributed by atoms with E-state index in [9.17, 15) is 4.39 Å². The molecular formula is C11H12FNO2. The monoisotopic (exact) mass is 209 g/mol. The highest BCUT2D eigenvalue weighted by molar-refractivity contribution is 5.54. The van der Waals surface area contributed by atoms with Gasteiger partial charge in [0.25, 0.3) is 0 Å². The summed E-state index contributed by atoms with van der Waals surface area (Å²) in [5.41, 5.74) is 6.75. The molecule has 0 unspecified atom stereocenters. The molecule has 0 spiro atoms. The summed E-state index contributed by atoms with van der Waals surface area (Å²) in [5.74, 6) is 0.434. The van der Waals surface area contributed by atoms with Crippen molar-refractivity contribution in [2.75, 3.05) is 13.3 Å². The average molecular weight is 209 g/mol. The van der Waals surface area contributed by atoms with E-state index >= 15 is 0 Å². The normalized spacial score (nSPS) is 20.4. The number of hydrogen-bond donors (Lipinski definition) is 1. The lowest BCUT2D eigenvalue weighted by atomic mass is 9.95. The van der Waals surface area contributed by atoms with Crippen LogP contribution in [0.2, 0.25) is 0 Å². The Bertz CT molecular complexity index is 415. The number of ether oxygens (including phenoxy) is 2. The molecule has 15 heavy (non-hydrogen) atoms. The van der Waals surface area contributed by atoms with Crippen LogP contribution >= 0.6 is 0 Å². The number of nitrogens with two attached hydrogens (primary N) is 1. The maximum Gasteiger partial charge on any atom is 0.231 e. The number of hydrogen-bond acceptors (Lipinski definition) is 3. The van der Waals surface area contributed by atoms with Crippen LogP contribution in [0.25, 0.3) is 0 Å². The lowest BCUT2D eigenvalue weighted by Crippen LogP contribution is -2.20. The fourth-order valence-corrected chi connectivity index (χ4v) is 2.12. The molecule has 0 amide bonds. The Balaban J connectivity index is 2.14. The van der Waals surface area contributed by atoms with Crippen molar-refractivity contribution in [2.24, 2.45) is 5.73 Å². The quantitative estimate of drug-likeness (QED) is 0.803. The molecule has 1 aliphatic carbocycles. The number of halogens is 1. The van der Waals surface area contributed by atoms with E-state index in [1.807, 2.05) is 0 Å². The zero-order chi connectivity index (χ0) is 10.5. The summed E-state index contributed by atoms with van der Waals surface area (Å²) in [4.78, 5) is 0. The Kier molecular flexibility index (Phi) is 1.71. The molecule has 1 saturated carbocycles. The van der Waals surface area contributed by atoms with Gasteiger partial charge in [0.15, 0.2) is 11.6 Å². The van der Waals surface area contributed by atoms with Gasteiger partial charge in [-0.1, -0.05) is 6.07 Å². The third kappa shape index (κ3) is 1.14. The molecule has 3 rings (SSSR count). The SMILES string of the molecule is NCC1(c2ccc(F)c3c2OCO3)CC1. The Labute approximate surface area is 87.0 Å². The maximum atomic E-state index is 13.3. The summed E-state index contributed by atoms with van der Waals surface area (Å²) in [7, 11) is 0. The first-order valence-electron chi connectivity index (χ1n) is 5.05. The summed E-state index contributed by atoms with van der Waals surface area (Å²) in [5, 5.41) is 0. The largest absolute Gasteiger partial charge is 0.453 e. The topological polar surface area (TPSA) is 44.5 Å². The molecule has 1 fully saturated rings. The van der Waals surface area contributed by atoms with E-state index in [0.717, 1.165) is 18.4 Å². The molecule has 3 nitrogen and oxygen atoms in total. The molecule has 2 N–H and O–H groups in total. The molecule has 0 saturated heterocycles. The van der Waals surface area contributed by atoms with Crippen LogP contribution in [-0.4, -0.2) is 13.3 Å². The van der Waals surface area contributed by atoms with Gasteiger partial charge in [-0.3, -0.25) is 0 Å². The summed E-state index contributed by atoms with van der Waals surface area (Å²) >= 11 is 0. The van der Waals surface area contributed by atoms with Crippen molar-refractivity contribution in [1.82, 2.24) is 0 Å². The molecule has 2 aliphatic rings. The van der Waals surface area contributed by atoms with Crippen LogP contribution in [-0.2, 0) is 5.41 Å².